The molecule has 0 bridgehead atoms. The lowest BCUT2D eigenvalue weighted by Crippen LogP contribution is -2.30. The predicted molar refractivity (Wildman–Crippen MR) is 128 cm³/mol. The number of aromatic nitrogens is 1. The van der Waals surface area contributed by atoms with Gasteiger partial charge in [0.25, 0.3) is 5.91 Å². The van der Waals surface area contributed by atoms with Crippen LogP contribution in [0.15, 0.2) is 53.4 Å². The van der Waals surface area contributed by atoms with Crippen molar-refractivity contribution in [2.45, 2.75) is 32.7 Å². The van der Waals surface area contributed by atoms with Crippen molar-refractivity contribution in [2.24, 2.45) is 0 Å². The van der Waals surface area contributed by atoms with Crippen molar-refractivity contribution in [2.75, 3.05) is 12.1 Å². The zero-order valence-electron chi connectivity index (χ0n) is 18.3. The van der Waals surface area contributed by atoms with Gasteiger partial charge in [0.15, 0.2) is 17.0 Å². The monoisotopic (exact) mass is 447 g/mol. The number of ether oxygens (including phenoxy) is 2. The van der Waals surface area contributed by atoms with Crippen molar-refractivity contribution in [3.63, 3.8) is 0 Å². The summed E-state index contributed by atoms with van der Waals surface area (Å²) in [6, 6.07) is 16.3. The zero-order valence-corrected chi connectivity index (χ0v) is 19.1. The van der Waals surface area contributed by atoms with E-state index in [1.807, 2.05) is 36.4 Å². The fourth-order valence-corrected chi connectivity index (χ4v) is 5.03. The van der Waals surface area contributed by atoms with Gasteiger partial charge in [0.05, 0.1) is 4.91 Å². The largest absolute Gasteiger partial charge is 0.454 e. The van der Waals surface area contributed by atoms with E-state index in [4.69, 9.17) is 9.47 Å². The number of carbonyl (C=O) groups excluding carboxylic acids is 1. The topological polar surface area (TPSA) is 64.5 Å². The van der Waals surface area contributed by atoms with Crippen LogP contribution in [-0.4, -0.2) is 22.8 Å². The van der Waals surface area contributed by atoms with E-state index in [1.54, 1.807) is 0 Å². The van der Waals surface area contributed by atoms with Crippen molar-refractivity contribution in [3.8, 4) is 17.2 Å². The molecular weight excluding hydrogens is 422 g/mol. The van der Waals surface area contributed by atoms with E-state index < -0.39 is 0 Å². The van der Waals surface area contributed by atoms with Crippen molar-refractivity contribution in [1.82, 2.24) is 9.88 Å². The highest BCUT2D eigenvalue weighted by molar-refractivity contribution is 8.05. The highest BCUT2D eigenvalue weighted by atomic mass is 32.2. The fraction of sp³-hybridized carbons (Fsp3) is 0.240. The molecule has 1 amide bonds. The van der Waals surface area contributed by atoms with E-state index in [2.05, 4.69) is 54.2 Å². The minimum Gasteiger partial charge on any atom is -0.454 e. The first-order valence-electron chi connectivity index (χ1n) is 10.7. The third-order valence-electron chi connectivity index (χ3n) is 5.76. The van der Waals surface area contributed by atoms with Crippen LogP contribution in [0.4, 0.5) is 5.69 Å². The van der Waals surface area contributed by atoms with Gasteiger partial charge >= 0.3 is 0 Å². The number of nitrogens with zero attached hydrogens (tertiary/aromatic N) is 1. The lowest BCUT2D eigenvalue weighted by molar-refractivity contribution is -0.116. The van der Waals surface area contributed by atoms with Crippen molar-refractivity contribution < 1.29 is 14.3 Å². The molecule has 2 aliphatic rings. The molecule has 1 aromatic heterocycles. The maximum atomic E-state index is 12.6. The van der Waals surface area contributed by atoms with E-state index in [0.717, 1.165) is 46.2 Å². The molecule has 7 heteroatoms. The van der Waals surface area contributed by atoms with E-state index in [0.29, 0.717) is 4.91 Å². The number of thioether (sulfide) groups is 1. The molecule has 32 heavy (non-hydrogen) atoms. The lowest BCUT2D eigenvalue weighted by Gasteiger charge is -2.12. The van der Waals surface area contributed by atoms with Gasteiger partial charge in [0.1, 0.15) is 0 Å². The van der Waals surface area contributed by atoms with Crippen molar-refractivity contribution in [1.29, 1.82) is 0 Å². The van der Waals surface area contributed by atoms with Gasteiger partial charge in [0.2, 0.25) is 6.79 Å². The van der Waals surface area contributed by atoms with Gasteiger partial charge in [-0.2, -0.15) is 0 Å². The Kier molecular flexibility index (Phi) is 5.35. The number of fused-ring (bicyclic) bond motifs is 1. The van der Waals surface area contributed by atoms with Crippen LogP contribution in [-0.2, 0) is 11.2 Å². The Balaban J connectivity index is 1.36. The van der Waals surface area contributed by atoms with Gasteiger partial charge in [0, 0.05) is 28.8 Å². The maximum Gasteiger partial charge on any atom is 0.260 e. The van der Waals surface area contributed by atoms with Crippen LogP contribution in [0.2, 0.25) is 0 Å². The Morgan fingerprint density at radius 2 is 1.91 bits per heavy atom. The number of anilines is 1. The second-order valence-corrected chi connectivity index (χ2v) is 9.02. The molecule has 3 aromatic rings. The number of benzene rings is 2. The Hall–Kier alpha value is -3.32. The van der Waals surface area contributed by atoms with Crippen LogP contribution in [0.25, 0.3) is 11.8 Å². The molecule has 1 saturated heterocycles. The molecule has 0 spiro atoms. The summed E-state index contributed by atoms with van der Waals surface area (Å²) >= 11 is 1.50. The summed E-state index contributed by atoms with van der Waals surface area (Å²) in [5.74, 6) is 1.45. The zero-order chi connectivity index (χ0) is 22.2. The average molecular weight is 448 g/mol. The van der Waals surface area contributed by atoms with Crippen LogP contribution in [0.5, 0.6) is 11.5 Å². The molecule has 2 N–H and O–H groups in total. The average Bonchev–Trinajstić information content (AvgIpc) is 3.46. The molecule has 1 fully saturated rings. The third kappa shape index (κ3) is 3.84. The predicted octanol–water partition coefficient (Wildman–Crippen LogP) is 4.98. The Labute approximate surface area is 191 Å². The normalized spacial score (nSPS) is 18.3. The van der Waals surface area contributed by atoms with Gasteiger partial charge in [-0.1, -0.05) is 30.8 Å². The Morgan fingerprint density at radius 1 is 1.12 bits per heavy atom. The Morgan fingerprint density at radius 3 is 2.69 bits per heavy atom. The Bertz CT molecular complexity index is 1210. The number of nitrogens with one attached hydrogen (secondary N) is 2. The summed E-state index contributed by atoms with van der Waals surface area (Å²) in [4.78, 5) is 13.3. The van der Waals surface area contributed by atoms with Gasteiger partial charge in [-0.3, -0.25) is 4.79 Å². The number of hydrogen-bond acceptors (Lipinski definition) is 5. The van der Waals surface area contributed by atoms with Crippen LogP contribution in [0, 0.1) is 13.8 Å². The van der Waals surface area contributed by atoms with Crippen molar-refractivity contribution >= 4 is 29.4 Å². The highest BCUT2D eigenvalue weighted by Crippen LogP contribution is 2.36. The second kappa shape index (κ2) is 8.31. The van der Waals surface area contributed by atoms with Crippen LogP contribution >= 0.6 is 11.8 Å². The number of carbonyl (C=O) groups is 1. The number of rotatable bonds is 5. The smallest absolute Gasteiger partial charge is 0.260 e. The minimum absolute atomic E-state index is 0.0643. The SMILES string of the molecule is CCc1ccc(N[C@H]2NC(=O)/C(=C/c3cc(C)n(-c4ccc5c(c4)OCO5)c3C)S2)cc1. The first kappa shape index (κ1) is 20.6. The molecular formula is C25H25N3O3S. The molecule has 6 nitrogen and oxygen atoms in total. The number of aryl methyl sites for hydroxylation is 2. The molecule has 164 valence electrons. The van der Waals surface area contributed by atoms with E-state index in [-0.39, 0.29) is 18.2 Å². The maximum absolute atomic E-state index is 12.6. The first-order valence-corrected chi connectivity index (χ1v) is 11.5. The van der Waals surface area contributed by atoms with E-state index >= 15 is 0 Å². The summed E-state index contributed by atoms with van der Waals surface area (Å²) in [7, 11) is 0. The summed E-state index contributed by atoms with van der Waals surface area (Å²) < 4.78 is 13.1. The van der Waals surface area contributed by atoms with Crippen LogP contribution in [0.1, 0.15) is 29.4 Å². The van der Waals surface area contributed by atoms with Crippen LogP contribution < -0.4 is 20.1 Å². The molecule has 3 heterocycles. The third-order valence-corrected chi connectivity index (χ3v) is 6.79. The summed E-state index contributed by atoms with van der Waals surface area (Å²) in [6.45, 7) is 6.51. The molecule has 5 rings (SSSR count). The molecule has 2 aliphatic heterocycles. The fourth-order valence-electron chi connectivity index (χ4n) is 4.05. The number of amides is 1. The second-order valence-electron chi connectivity index (χ2n) is 7.87. The summed E-state index contributed by atoms with van der Waals surface area (Å²) in [5.41, 5.74) is 6.26. The number of hydrogen-bond donors (Lipinski definition) is 2. The van der Waals surface area contributed by atoms with Gasteiger partial charge < -0.3 is 24.7 Å². The highest BCUT2D eigenvalue weighted by Gasteiger charge is 2.27. The van der Waals surface area contributed by atoms with Gasteiger partial charge in [-0.25, -0.2) is 0 Å². The van der Waals surface area contributed by atoms with Crippen molar-refractivity contribution in [3.05, 3.63) is 76.0 Å². The van der Waals surface area contributed by atoms with E-state index in [1.165, 1.54) is 17.3 Å². The minimum atomic E-state index is -0.196. The molecule has 0 aliphatic carbocycles. The van der Waals surface area contributed by atoms with Crippen LogP contribution in [0.3, 0.4) is 0 Å². The standard InChI is InChI=1S/C25H25N3O3S/c1-4-17-5-7-19(8-6-17)26-25-27-24(29)23(32-25)12-18-11-15(2)28(16(18)3)20-9-10-21-22(13-20)31-14-30-21/h5-13,25-26H,4,14H2,1-3H3,(H,27,29)/b23-12-/t25-/m0/s1. The quantitative estimate of drug-likeness (QED) is 0.540. The summed E-state index contributed by atoms with van der Waals surface area (Å²) in [5, 5.41) is 6.39. The van der Waals surface area contributed by atoms with Gasteiger partial charge in [-0.15, -0.1) is 0 Å². The van der Waals surface area contributed by atoms with E-state index in [9.17, 15) is 4.79 Å². The summed E-state index contributed by atoms with van der Waals surface area (Å²) in [6.07, 6.45) is 2.97. The molecule has 0 radical (unpaired) electrons. The lowest BCUT2D eigenvalue weighted by atomic mass is 10.1. The molecule has 0 unspecified atom stereocenters. The first-order chi connectivity index (χ1) is 15.5. The molecule has 1 atom stereocenters. The molecule has 2 aromatic carbocycles. The molecule has 0 saturated carbocycles. The van der Waals surface area contributed by atoms with Gasteiger partial charge in [-0.05, 0) is 67.8 Å².